The molecule has 8 heteroatoms. The number of hydrogen-bond donors (Lipinski definition) is 2. The van der Waals surface area contributed by atoms with Crippen LogP contribution in [0.15, 0.2) is 41.5 Å². The molecule has 0 atom stereocenters. The number of aryl methyl sites for hydroxylation is 1. The van der Waals surface area contributed by atoms with Crippen LogP contribution in [0.2, 0.25) is 5.15 Å². The van der Waals surface area contributed by atoms with E-state index in [4.69, 9.17) is 11.6 Å². The molecule has 0 amide bonds. The van der Waals surface area contributed by atoms with Crippen LogP contribution >= 0.6 is 11.6 Å². The average Bonchev–Trinajstić information content (AvgIpc) is 2.60. The third-order valence-electron chi connectivity index (χ3n) is 3.55. The zero-order valence-corrected chi connectivity index (χ0v) is 15.0. The van der Waals surface area contributed by atoms with E-state index >= 15 is 0 Å². The van der Waals surface area contributed by atoms with Crippen LogP contribution < -0.4 is 11.0 Å². The maximum atomic E-state index is 12.6. The molecule has 3 aromatic rings. The summed E-state index contributed by atoms with van der Waals surface area (Å²) in [5, 5.41) is 18.7. The zero-order chi connectivity index (χ0) is 18.6. The van der Waals surface area contributed by atoms with Crippen molar-refractivity contribution in [2.24, 2.45) is 0 Å². The summed E-state index contributed by atoms with van der Waals surface area (Å²) in [6.07, 6.45) is 1.41. The summed E-state index contributed by atoms with van der Waals surface area (Å²) in [6.45, 7) is 6.35. The first-order valence-electron chi connectivity index (χ1n) is 7.93. The van der Waals surface area contributed by atoms with Gasteiger partial charge in [-0.1, -0.05) is 55.3 Å². The molecule has 3 rings (SSSR count). The van der Waals surface area contributed by atoms with E-state index in [0.29, 0.717) is 6.54 Å². The van der Waals surface area contributed by atoms with Gasteiger partial charge in [0.2, 0.25) is 0 Å². The number of aromatic nitrogens is 3. The van der Waals surface area contributed by atoms with Gasteiger partial charge in [0, 0.05) is 5.46 Å². The highest BCUT2D eigenvalue weighted by atomic mass is 35.5. The Morgan fingerprint density at radius 3 is 2.44 bits per heavy atom. The predicted octanol–water partition coefficient (Wildman–Crippen LogP) is 1.51. The SMILES string of the molecule is CC.Cc1ccc(Cn2cnc3nc(Cl)c(B(O)O)cc3c2=O)cc1. The molecule has 0 radical (unpaired) electrons. The molecule has 0 aliphatic rings. The minimum atomic E-state index is -1.80. The number of fused-ring (bicyclic) bond motifs is 1. The number of pyridine rings is 1. The first-order chi connectivity index (χ1) is 12.0. The molecule has 25 heavy (non-hydrogen) atoms. The van der Waals surface area contributed by atoms with Gasteiger partial charge in [0.1, 0.15) is 11.5 Å². The quantitative estimate of drug-likeness (QED) is 0.546. The van der Waals surface area contributed by atoms with Crippen LogP contribution in [0.1, 0.15) is 25.0 Å². The molecule has 0 spiro atoms. The summed E-state index contributed by atoms with van der Waals surface area (Å²) in [4.78, 5) is 20.6. The minimum Gasteiger partial charge on any atom is -0.423 e. The second-order valence-corrected chi connectivity index (χ2v) is 5.63. The standard InChI is InChI=1S/C15H13BClN3O3.C2H6/c1-9-2-4-10(5-3-9)7-20-8-18-14-11(15(20)21)6-12(16(22)23)13(17)19-14;1-2/h2-6,8,22-23H,7H2,1H3;1-2H3. The Morgan fingerprint density at radius 1 is 1.20 bits per heavy atom. The molecule has 6 nitrogen and oxygen atoms in total. The van der Waals surface area contributed by atoms with E-state index in [9.17, 15) is 14.8 Å². The summed E-state index contributed by atoms with van der Waals surface area (Å²) in [5.74, 6) is 0. The van der Waals surface area contributed by atoms with Gasteiger partial charge in [-0.3, -0.25) is 9.36 Å². The van der Waals surface area contributed by atoms with Crippen molar-refractivity contribution >= 4 is 35.2 Å². The van der Waals surface area contributed by atoms with Crippen molar-refractivity contribution in [3.8, 4) is 0 Å². The Morgan fingerprint density at radius 2 is 1.84 bits per heavy atom. The van der Waals surface area contributed by atoms with Crippen molar-refractivity contribution in [2.45, 2.75) is 27.3 Å². The Bertz CT molecular complexity index is 927. The number of rotatable bonds is 3. The normalized spacial score (nSPS) is 10.3. The van der Waals surface area contributed by atoms with Crippen molar-refractivity contribution < 1.29 is 10.0 Å². The molecule has 2 N–H and O–H groups in total. The van der Waals surface area contributed by atoms with Crippen LogP contribution in [0.3, 0.4) is 0 Å². The molecule has 0 fully saturated rings. The fraction of sp³-hybridized carbons (Fsp3) is 0.235. The molecular weight excluding hydrogens is 340 g/mol. The third kappa shape index (κ3) is 4.25. The molecule has 0 unspecified atom stereocenters. The van der Waals surface area contributed by atoms with Crippen molar-refractivity contribution in [1.82, 2.24) is 14.5 Å². The van der Waals surface area contributed by atoms with E-state index in [1.807, 2.05) is 45.0 Å². The average molecular weight is 360 g/mol. The number of halogens is 1. The van der Waals surface area contributed by atoms with Gasteiger partial charge < -0.3 is 10.0 Å². The second kappa shape index (κ2) is 8.25. The molecule has 130 valence electrons. The van der Waals surface area contributed by atoms with Gasteiger partial charge in [0.15, 0.2) is 5.65 Å². The summed E-state index contributed by atoms with van der Waals surface area (Å²) in [6, 6.07) is 9.13. The lowest BCUT2D eigenvalue weighted by Gasteiger charge is -2.08. The molecule has 2 heterocycles. The van der Waals surface area contributed by atoms with Crippen LogP contribution in [0.25, 0.3) is 11.0 Å². The monoisotopic (exact) mass is 359 g/mol. The molecule has 0 saturated heterocycles. The van der Waals surface area contributed by atoms with Crippen molar-refractivity contribution in [3.63, 3.8) is 0 Å². The van der Waals surface area contributed by atoms with Gasteiger partial charge in [-0.25, -0.2) is 9.97 Å². The first kappa shape index (κ1) is 19.1. The summed E-state index contributed by atoms with van der Waals surface area (Å²) in [5.41, 5.74) is 1.93. The lowest BCUT2D eigenvalue weighted by atomic mass is 9.81. The molecule has 0 bridgehead atoms. The molecular formula is C17H19BClN3O3. The van der Waals surface area contributed by atoms with Crippen LogP contribution in [-0.4, -0.2) is 31.7 Å². The minimum absolute atomic E-state index is 0.0221. The van der Waals surface area contributed by atoms with Crippen molar-refractivity contribution in [2.75, 3.05) is 0 Å². The highest BCUT2D eigenvalue weighted by Crippen LogP contribution is 2.10. The molecule has 1 aromatic carbocycles. The van der Waals surface area contributed by atoms with Crippen LogP contribution in [0, 0.1) is 6.92 Å². The van der Waals surface area contributed by atoms with Gasteiger partial charge in [-0.15, -0.1) is 0 Å². The molecule has 0 aliphatic heterocycles. The Labute approximate surface area is 150 Å². The topological polar surface area (TPSA) is 88.2 Å². The van der Waals surface area contributed by atoms with E-state index in [1.54, 1.807) is 0 Å². The summed E-state index contributed by atoms with van der Waals surface area (Å²) < 4.78 is 1.44. The van der Waals surface area contributed by atoms with Gasteiger partial charge in [-0.2, -0.15) is 0 Å². The van der Waals surface area contributed by atoms with Crippen LogP contribution in [0.4, 0.5) is 0 Å². The smallest absolute Gasteiger partial charge is 0.423 e. The Balaban J connectivity index is 0.00000109. The van der Waals surface area contributed by atoms with E-state index in [0.717, 1.165) is 11.1 Å². The van der Waals surface area contributed by atoms with Gasteiger partial charge >= 0.3 is 7.12 Å². The van der Waals surface area contributed by atoms with Gasteiger partial charge in [0.05, 0.1) is 11.9 Å². The second-order valence-electron chi connectivity index (χ2n) is 5.28. The Hall–Kier alpha value is -2.22. The summed E-state index contributed by atoms with van der Waals surface area (Å²) in [7, 11) is -1.80. The fourth-order valence-electron chi connectivity index (χ4n) is 2.27. The lowest BCUT2D eigenvalue weighted by Crippen LogP contribution is -2.33. The van der Waals surface area contributed by atoms with Crippen molar-refractivity contribution in [3.05, 3.63) is 63.3 Å². The number of benzene rings is 1. The Kier molecular flexibility index (Phi) is 6.30. The largest absolute Gasteiger partial charge is 0.491 e. The zero-order valence-electron chi connectivity index (χ0n) is 14.3. The highest BCUT2D eigenvalue weighted by molar-refractivity contribution is 6.62. The maximum absolute atomic E-state index is 12.6. The molecule has 0 saturated carbocycles. The fourth-order valence-corrected chi connectivity index (χ4v) is 2.50. The maximum Gasteiger partial charge on any atom is 0.491 e. The number of hydrogen-bond acceptors (Lipinski definition) is 5. The summed E-state index contributed by atoms with van der Waals surface area (Å²) >= 11 is 5.85. The van der Waals surface area contributed by atoms with Crippen LogP contribution in [-0.2, 0) is 6.54 Å². The first-order valence-corrected chi connectivity index (χ1v) is 8.31. The predicted molar refractivity (Wildman–Crippen MR) is 100 cm³/mol. The van der Waals surface area contributed by atoms with Crippen LogP contribution in [0.5, 0.6) is 0 Å². The van der Waals surface area contributed by atoms with E-state index in [1.165, 1.54) is 17.0 Å². The van der Waals surface area contributed by atoms with Gasteiger partial charge in [0.25, 0.3) is 5.56 Å². The highest BCUT2D eigenvalue weighted by Gasteiger charge is 2.19. The van der Waals surface area contributed by atoms with Gasteiger partial charge in [-0.05, 0) is 18.6 Å². The van der Waals surface area contributed by atoms with E-state index in [-0.39, 0.29) is 27.2 Å². The van der Waals surface area contributed by atoms with Crippen molar-refractivity contribution in [1.29, 1.82) is 0 Å². The van der Waals surface area contributed by atoms with E-state index < -0.39 is 7.12 Å². The number of nitrogens with zero attached hydrogens (tertiary/aromatic N) is 3. The van der Waals surface area contributed by atoms with E-state index in [2.05, 4.69) is 9.97 Å². The lowest BCUT2D eigenvalue weighted by molar-refractivity contribution is 0.425. The molecule has 0 aliphatic carbocycles. The molecule has 2 aromatic heterocycles. The third-order valence-corrected chi connectivity index (χ3v) is 3.85.